The summed E-state index contributed by atoms with van der Waals surface area (Å²) in [5.41, 5.74) is 1.03. The lowest BCUT2D eigenvalue weighted by Crippen LogP contribution is -2.23. The van der Waals surface area contributed by atoms with Crippen LogP contribution in [0.2, 0.25) is 0 Å². The summed E-state index contributed by atoms with van der Waals surface area (Å²) in [6, 6.07) is 5.65. The molecule has 0 atom stereocenters. The molecule has 1 aromatic rings. The van der Waals surface area contributed by atoms with Gasteiger partial charge in [-0.05, 0) is 24.1 Å². The van der Waals surface area contributed by atoms with Crippen LogP contribution in [0.5, 0.6) is 11.5 Å². The van der Waals surface area contributed by atoms with Crippen LogP contribution in [-0.2, 0) is 6.42 Å². The Morgan fingerprint density at radius 3 is 2.81 bits per heavy atom. The van der Waals surface area contributed by atoms with Gasteiger partial charge in [-0.15, -0.1) is 0 Å². The van der Waals surface area contributed by atoms with Crippen molar-refractivity contribution in [2.24, 2.45) is 0 Å². The van der Waals surface area contributed by atoms with Crippen molar-refractivity contribution >= 4 is 6.09 Å². The summed E-state index contributed by atoms with van der Waals surface area (Å²) in [6.07, 6.45) is -0.360. The second kappa shape index (κ2) is 4.74. The summed E-state index contributed by atoms with van der Waals surface area (Å²) in [5.74, 6) is 1.49. The van der Waals surface area contributed by atoms with Gasteiger partial charge >= 0.3 is 6.09 Å². The largest absolute Gasteiger partial charge is 0.486 e. The highest BCUT2D eigenvalue weighted by Crippen LogP contribution is 2.30. The number of hydrogen-bond acceptors (Lipinski definition) is 3. The lowest BCUT2D eigenvalue weighted by molar-refractivity contribution is 0.171. The minimum atomic E-state index is -1.00. The van der Waals surface area contributed by atoms with Gasteiger partial charge in [-0.3, -0.25) is 0 Å². The number of amides is 1. The number of nitrogens with one attached hydrogen (secondary N) is 1. The summed E-state index contributed by atoms with van der Waals surface area (Å²) < 4.78 is 10.8. The van der Waals surface area contributed by atoms with Crippen molar-refractivity contribution in [1.29, 1.82) is 0 Å². The quantitative estimate of drug-likeness (QED) is 0.809. The standard InChI is InChI=1S/C11H13NO4/c13-11(14)12-4-3-8-1-2-9-10(7-8)16-6-5-15-9/h1-2,7,12H,3-6H2,(H,13,14). The van der Waals surface area contributed by atoms with Crippen molar-refractivity contribution < 1.29 is 19.4 Å². The minimum Gasteiger partial charge on any atom is -0.486 e. The Morgan fingerprint density at radius 2 is 2.06 bits per heavy atom. The first-order chi connectivity index (χ1) is 7.75. The molecule has 0 bridgehead atoms. The fraction of sp³-hybridized carbons (Fsp3) is 0.364. The van der Waals surface area contributed by atoms with E-state index in [1.807, 2.05) is 18.2 Å². The molecule has 2 N–H and O–H groups in total. The third-order valence-corrected chi connectivity index (χ3v) is 2.30. The molecule has 0 aromatic heterocycles. The highest BCUT2D eigenvalue weighted by molar-refractivity contribution is 5.64. The number of carboxylic acid groups (broad SMARTS) is 1. The van der Waals surface area contributed by atoms with Crippen LogP contribution >= 0.6 is 0 Å². The molecule has 86 valence electrons. The maximum atomic E-state index is 10.3. The molecule has 1 aliphatic rings. The lowest BCUT2D eigenvalue weighted by atomic mass is 10.1. The zero-order valence-electron chi connectivity index (χ0n) is 8.73. The Kier molecular flexibility index (Phi) is 3.14. The molecular weight excluding hydrogens is 210 g/mol. The summed E-state index contributed by atoms with van der Waals surface area (Å²) >= 11 is 0. The first-order valence-corrected chi connectivity index (χ1v) is 5.11. The lowest BCUT2D eigenvalue weighted by Gasteiger charge is -2.18. The fourth-order valence-electron chi connectivity index (χ4n) is 1.56. The van der Waals surface area contributed by atoms with Gasteiger partial charge in [0.1, 0.15) is 13.2 Å². The van der Waals surface area contributed by atoms with Crippen LogP contribution < -0.4 is 14.8 Å². The summed E-state index contributed by atoms with van der Waals surface area (Å²) in [4.78, 5) is 10.3. The molecule has 0 spiro atoms. The number of rotatable bonds is 3. The number of ether oxygens (including phenoxy) is 2. The molecule has 0 aliphatic carbocycles. The Labute approximate surface area is 93.0 Å². The molecule has 1 aromatic carbocycles. The number of benzene rings is 1. The molecule has 1 amide bonds. The van der Waals surface area contributed by atoms with Gasteiger partial charge in [0, 0.05) is 6.54 Å². The molecule has 0 saturated carbocycles. The Balaban J connectivity index is 1.97. The average molecular weight is 223 g/mol. The first kappa shape index (κ1) is 10.6. The molecule has 5 nitrogen and oxygen atoms in total. The highest BCUT2D eigenvalue weighted by atomic mass is 16.6. The summed E-state index contributed by atoms with van der Waals surface area (Å²) in [7, 11) is 0. The Bertz CT molecular complexity index is 392. The summed E-state index contributed by atoms with van der Waals surface area (Å²) in [6.45, 7) is 1.53. The van der Waals surface area contributed by atoms with Crippen molar-refractivity contribution in [3.05, 3.63) is 23.8 Å². The smallest absolute Gasteiger partial charge is 0.404 e. The predicted molar refractivity (Wildman–Crippen MR) is 57.2 cm³/mol. The molecule has 0 radical (unpaired) electrons. The zero-order chi connectivity index (χ0) is 11.4. The maximum absolute atomic E-state index is 10.3. The van der Waals surface area contributed by atoms with E-state index in [0.29, 0.717) is 26.2 Å². The fourth-order valence-corrected chi connectivity index (χ4v) is 1.56. The van der Waals surface area contributed by atoms with Gasteiger partial charge in [-0.25, -0.2) is 4.79 Å². The van der Waals surface area contributed by atoms with E-state index in [2.05, 4.69) is 5.32 Å². The van der Waals surface area contributed by atoms with Gasteiger partial charge in [-0.1, -0.05) is 6.07 Å². The van der Waals surface area contributed by atoms with E-state index in [-0.39, 0.29) is 0 Å². The van der Waals surface area contributed by atoms with E-state index in [1.165, 1.54) is 0 Å². The topological polar surface area (TPSA) is 67.8 Å². The minimum absolute atomic E-state index is 0.398. The van der Waals surface area contributed by atoms with Crippen molar-refractivity contribution in [1.82, 2.24) is 5.32 Å². The van der Waals surface area contributed by atoms with Crippen LogP contribution in [0, 0.1) is 0 Å². The van der Waals surface area contributed by atoms with Crippen LogP contribution in [0.15, 0.2) is 18.2 Å². The van der Waals surface area contributed by atoms with Crippen molar-refractivity contribution in [2.75, 3.05) is 19.8 Å². The van der Waals surface area contributed by atoms with Crippen LogP contribution in [0.4, 0.5) is 4.79 Å². The van der Waals surface area contributed by atoms with Gasteiger partial charge in [0.05, 0.1) is 0 Å². The third-order valence-electron chi connectivity index (χ3n) is 2.30. The molecule has 0 saturated heterocycles. The normalized spacial score (nSPS) is 13.2. The second-order valence-electron chi connectivity index (χ2n) is 3.46. The molecule has 0 unspecified atom stereocenters. The van der Waals surface area contributed by atoms with Crippen molar-refractivity contribution in [3.8, 4) is 11.5 Å². The van der Waals surface area contributed by atoms with E-state index in [0.717, 1.165) is 17.1 Å². The van der Waals surface area contributed by atoms with E-state index in [4.69, 9.17) is 14.6 Å². The van der Waals surface area contributed by atoms with Gasteiger partial charge in [0.25, 0.3) is 0 Å². The van der Waals surface area contributed by atoms with E-state index in [9.17, 15) is 4.79 Å². The SMILES string of the molecule is O=C(O)NCCc1ccc2c(c1)OCCO2. The number of carbonyl (C=O) groups is 1. The van der Waals surface area contributed by atoms with Crippen LogP contribution in [0.25, 0.3) is 0 Å². The zero-order valence-corrected chi connectivity index (χ0v) is 8.73. The molecule has 16 heavy (non-hydrogen) atoms. The number of hydrogen-bond donors (Lipinski definition) is 2. The maximum Gasteiger partial charge on any atom is 0.404 e. The van der Waals surface area contributed by atoms with E-state index >= 15 is 0 Å². The first-order valence-electron chi connectivity index (χ1n) is 5.11. The van der Waals surface area contributed by atoms with E-state index in [1.54, 1.807) is 0 Å². The van der Waals surface area contributed by atoms with Gasteiger partial charge in [0.15, 0.2) is 11.5 Å². The van der Waals surface area contributed by atoms with Gasteiger partial charge in [0.2, 0.25) is 0 Å². The average Bonchev–Trinajstić information content (AvgIpc) is 2.28. The molecule has 1 aliphatic heterocycles. The van der Waals surface area contributed by atoms with E-state index < -0.39 is 6.09 Å². The molecule has 5 heteroatoms. The van der Waals surface area contributed by atoms with Crippen LogP contribution in [0.1, 0.15) is 5.56 Å². The van der Waals surface area contributed by atoms with Crippen molar-refractivity contribution in [2.45, 2.75) is 6.42 Å². The monoisotopic (exact) mass is 223 g/mol. The third kappa shape index (κ3) is 2.56. The molecule has 2 rings (SSSR count). The highest BCUT2D eigenvalue weighted by Gasteiger charge is 2.11. The van der Waals surface area contributed by atoms with Crippen LogP contribution in [-0.4, -0.2) is 31.0 Å². The Morgan fingerprint density at radius 1 is 1.31 bits per heavy atom. The van der Waals surface area contributed by atoms with Gasteiger partial charge in [-0.2, -0.15) is 0 Å². The summed E-state index contributed by atoms with van der Waals surface area (Å²) in [5, 5.41) is 10.7. The van der Waals surface area contributed by atoms with Crippen LogP contribution in [0.3, 0.4) is 0 Å². The number of fused-ring (bicyclic) bond motifs is 1. The molecular formula is C11H13NO4. The molecule has 1 heterocycles. The molecule has 0 fully saturated rings. The van der Waals surface area contributed by atoms with Crippen molar-refractivity contribution in [3.63, 3.8) is 0 Å². The van der Waals surface area contributed by atoms with Gasteiger partial charge < -0.3 is 19.9 Å². The second-order valence-corrected chi connectivity index (χ2v) is 3.46. The predicted octanol–water partition coefficient (Wildman–Crippen LogP) is 1.27. The Hall–Kier alpha value is -1.91.